The van der Waals surface area contributed by atoms with Crippen LogP contribution in [0.25, 0.3) is 0 Å². The van der Waals surface area contributed by atoms with Crippen LogP contribution in [-0.2, 0) is 9.59 Å². The molecule has 0 bridgehead atoms. The van der Waals surface area contributed by atoms with E-state index in [0.717, 1.165) is 5.57 Å². The number of hydrogen-bond acceptors (Lipinski definition) is 3. The second-order valence-corrected chi connectivity index (χ2v) is 4.44. The first kappa shape index (κ1) is 14.8. The summed E-state index contributed by atoms with van der Waals surface area (Å²) in [5.41, 5.74) is 1.97. The third-order valence-corrected chi connectivity index (χ3v) is 2.76. The molecule has 0 fully saturated rings. The van der Waals surface area contributed by atoms with Gasteiger partial charge in [0.05, 0.1) is 0 Å². The minimum absolute atomic E-state index is 0.0697. The molecular formula is C14H17NO4. The molecule has 5 heteroatoms. The minimum atomic E-state index is -1.05. The van der Waals surface area contributed by atoms with Crippen molar-refractivity contribution in [1.29, 1.82) is 0 Å². The van der Waals surface area contributed by atoms with E-state index in [9.17, 15) is 9.59 Å². The summed E-state index contributed by atoms with van der Waals surface area (Å²) >= 11 is 0. The van der Waals surface area contributed by atoms with E-state index in [1.54, 1.807) is 4.90 Å². The fourth-order valence-electron chi connectivity index (χ4n) is 1.61. The van der Waals surface area contributed by atoms with E-state index < -0.39 is 11.9 Å². The van der Waals surface area contributed by atoms with Crippen molar-refractivity contribution < 1.29 is 19.8 Å². The number of allylic oxidation sites excluding steroid dienone is 3. The summed E-state index contributed by atoms with van der Waals surface area (Å²) in [6.07, 6.45) is 5.31. The molecule has 0 spiro atoms. The summed E-state index contributed by atoms with van der Waals surface area (Å²) in [5, 5.41) is 17.7. The van der Waals surface area contributed by atoms with Crippen LogP contribution in [0.3, 0.4) is 0 Å². The molecule has 0 aromatic heterocycles. The Morgan fingerprint density at radius 3 is 2.58 bits per heavy atom. The molecule has 0 aliphatic carbocycles. The zero-order valence-electron chi connectivity index (χ0n) is 11.0. The molecule has 5 nitrogen and oxygen atoms in total. The molecule has 2 N–H and O–H groups in total. The molecule has 0 saturated heterocycles. The van der Waals surface area contributed by atoms with Gasteiger partial charge in [-0.15, -0.1) is 0 Å². The van der Waals surface area contributed by atoms with Gasteiger partial charge in [0.1, 0.15) is 0 Å². The Balaban J connectivity index is 2.97. The molecule has 1 aliphatic heterocycles. The van der Waals surface area contributed by atoms with Crippen LogP contribution in [0.1, 0.15) is 13.8 Å². The normalized spacial score (nSPS) is 15.7. The van der Waals surface area contributed by atoms with Crippen molar-refractivity contribution in [2.45, 2.75) is 13.8 Å². The van der Waals surface area contributed by atoms with Crippen molar-refractivity contribution in [2.75, 3.05) is 13.1 Å². The van der Waals surface area contributed by atoms with Gasteiger partial charge in [0, 0.05) is 29.9 Å². The number of nitrogens with zero attached hydrogens (tertiary/aromatic N) is 1. The highest BCUT2D eigenvalue weighted by atomic mass is 16.4. The summed E-state index contributed by atoms with van der Waals surface area (Å²) in [7, 11) is 0. The second-order valence-electron chi connectivity index (χ2n) is 4.44. The average Bonchev–Trinajstić information content (AvgIpc) is 2.32. The average molecular weight is 263 g/mol. The minimum Gasteiger partial charge on any atom is -0.478 e. The Kier molecular flexibility index (Phi) is 4.69. The number of carboxylic acids is 2. The molecule has 0 aromatic carbocycles. The summed E-state index contributed by atoms with van der Waals surface area (Å²) in [6.45, 7) is 7.60. The largest absolute Gasteiger partial charge is 0.478 e. The molecule has 0 aromatic rings. The van der Waals surface area contributed by atoms with E-state index in [0.29, 0.717) is 12.2 Å². The summed E-state index contributed by atoms with van der Waals surface area (Å²) in [4.78, 5) is 23.4. The van der Waals surface area contributed by atoms with Crippen LogP contribution in [0.2, 0.25) is 0 Å². The quantitative estimate of drug-likeness (QED) is 0.739. The van der Waals surface area contributed by atoms with Gasteiger partial charge in [0.25, 0.3) is 0 Å². The highest BCUT2D eigenvalue weighted by Crippen LogP contribution is 2.18. The van der Waals surface area contributed by atoms with Crippen molar-refractivity contribution in [3.05, 3.63) is 47.2 Å². The van der Waals surface area contributed by atoms with Crippen LogP contribution in [0.5, 0.6) is 0 Å². The third-order valence-electron chi connectivity index (χ3n) is 2.76. The molecule has 19 heavy (non-hydrogen) atoms. The molecule has 0 atom stereocenters. The standard InChI is InChI=1S/C14H17NO4/c1-9-4-5-15(8-11(3)14(18)19)12(6-9)7-10(2)13(16)17/h4,6-7H,3,5,8H2,1-2H3,(H,16,17)(H,18,19). The maximum Gasteiger partial charge on any atom is 0.332 e. The molecule has 1 heterocycles. The van der Waals surface area contributed by atoms with E-state index in [1.807, 2.05) is 19.1 Å². The fourth-order valence-corrected chi connectivity index (χ4v) is 1.61. The van der Waals surface area contributed by atoms with Crippen molar-refractivity contribution in [2.24, 2.45) is 0 Å². The monoisotopic (exact) mass is 263 g/mol. The van der Waals surface area contributed by atoms with E-state index in [4.69, 9.17) is 10.2 Å². The lowest BCUT2D eigenvalue weighted by Gasteiger charge is -2.28. The smallest absolute Gasteiger partial charge is 0.332 e. The molecule has 0 unspecified atom stereocenters. The van der Waals surface area contributed by atoms with E-state index in [1.165, 1.54) is 13.0 Å². The van der Waals surface area contributed by atoms with Crippen LogP contribution < -0.4 is 0 Å². The summed E-state index contributed by atoms with van der Waals surface area (Å²) < 4.78 is 0. The molecule has 102 valence electrons. The molecule has 1 rings (SSSR count). The van der Waals surface area contributed by atoms with E-state index in [-0.39, 0.29) is 17.7 Å². The fraction of sp³-hybridized carbons (Fsp3) is 0.286. The maximum atomic E-state index is 10.9. The van der Waals surface area contributed by atoms with Crippen LogP contribution in [0, 0.1) is 0 Å². The number of hydrogen-bond donors (Lipinski definition) is 2. The number of carbonyl (C=O) groups is 2. The van der Waals surface area contributed by atoms with E-state index >= 15 is 0 Å². The molecule has 0 saturated carbocycles. The van der Waals surface area contributed by atoms with Gasteiger partial charge in [0.2, 0.25) is 0 Å². The van der Waals surface area contributed by atoms with Crippen LogP contribution >= 0.6 is 0 Å². The first-order chi connectivity index (χ1) is 8.81. The Bertz CT molecular complexity index is 512. The van der Waals surface area contributed by atoms with Gasteiger partial charge in [-0.3, -0.25) is 0 Å². The molecule has 1 aliphatic rings. The lowest BCUT2D eigenvalue weighted by Crippen LogP contribution is -2.29. The Morgan fingerprint density at radius 1 is 1.42 bits per heavy atom. The third kappa shape index (κ3) is 4.13. The van der Waals surface area contributed by atoms with Gasteiger partial charge in [-0.25, -0.2) is 9.59 Å². The number of aliphatic carboxylic acids is 2. The van der Waals surface area contributed by atoms with Gasteiger partial charge < -0.3 is 15.1 Å². The summed E-state index contributed by atoms with van der Waals surface area (Å²) in [5.74, 6) is -2.05. The van der Waals surface area contributed by atoms with E-state index in [2.05, 4.69) is 6.58 Å². The summed E-state index contributed by atoms with van der Waals surface area (Å²) in [6, 6.07) is 0. The van der Waals surface area contributed by atoms with Crippen LogP contribution in [0.4, 0.5) is 0 Å². The SMILES string of the molecule is C=C(CN1CC=C(C)C=C1C=C(C)C(=O)O)C(=O)O. The first-order valence-corrected chi connectivity index (χ1v) is 5.77. The molecule has 0 amide bonds. The van der Waals surface area contributed by atoms with Gasteiger partial charge in [-0.2, -0.15) is 0 Å². The topological polar surface area (TPSA) is 77.8 Å². The van der Waals surface area contributed by atoms with Crippen LogP contribution in [0.15, 0.2) is 47.2 Å². The van der Waals surface area contributed by atoms with Gasteiger partial charge in [0.15, 0.2) is 0 Å². The van der Waals surface area contributed by atoms with Crippen molar-refractivity contribution >= 4 is 11.9 Å². The molecular weight excluding hydrogens is 246 g/mol. The lowest BCUT2D eigenvalue weighted by molar-refractivity contribution is -0.133. The highest BCUT2D eigenvalue weighted by Gasteiger charge is 2.16. The first-order valence-electron chi connectivity index (χ1n) is 5.77. The predicted molar refractivity (Wildman–Crippen MR) is 71.6 cm³/mol. The van der Waals surface area contributed by atoms with Gasteiger partial charge in [-0.05, 0) is 26.0 Å². The molecule has 0 radical (unpaired) electrons. The zero-order valence-corrected chi connectivity index (χ0v) is 11.0. The number of rotatable bonds is 5. The Labute approximate surface area is 111 Å². The second kappa shape index (κ2) is 6.04. The highest BCUT2D eigenvalue weighted by molar-refractivity contribution is 5.87. The maximum absolute atomic E-state index is 10.9. The lowest BCUT2D eigenvalue weighted by atomic mass is 10.1. The van der Waals surface area contributed by atoms with Gasteiger partial charge in [-0.1, -0.05) is 18.2 Å². The van der Waals surface area contributed by atoms with Crippen molar-refractivity contribution in [1.82, 2.24) is 4.90 Å². The van der Waals surface area contributed by atoms with Crippen LogP contribution in [-0.4, -0.2) is 40.1 Å². The van der Waals surface area contributed by atoms with Gasteiger partial charge >= 0.3 is 11.9 Å². The predicted octanol–water partition coefficient (Wildman–Crippen LogP) is 1.80. The Morgan fingerprint density at radius 2 is 2.05 bits per heavy atom. The Hall–Kier alpha value is -2.30. The van der Waals surface area contributed by atoms with Crippen molar-refractivity contribution in [3.8, 4) is 0 Å². The number of carboxylic acid groups (broad SMARTS) is 2. The zero-order chi connectivity index (χ0) is 14.6. The van der Waals surface area contributed by atoms with Crippen molar-refractivity contribution in [3.63, 3.8) is 0 Å².